The second kappa shape index (κ2) is 15.4. The minimum atomic E-state index is -4.34. The average molecular weight is 671 g/mol. The summed E-state index contributed by atoms with van der Waals surface area (Å²) in [7, 11) is -4.34. The molecule has 4 rings (SSSR count). The molecule has 0 heterocycles. The van der Waals surface area contributed by atoms with Gasteiger partial charge in [0.25, 0.3) is 10.0 Å². The maximum atomic E-state index is 14.5. The summed E-state index contributed by atoms with van der Waals surface area (Å²) in [6, 6.07) is 25.6. The van der Waals surface area contributed by atoms with Gasteiger partial charge in [-0.1, -0.05) is 90.8 Å². The molecule has 0 aliphatic heterocycles. The number of anilines is 1. The monoisotopic (exact) mass is 669 g/mol. The normalized spacial score (nSPS) is 12.6. The molecule has 0 saturated carbocycles. The van der Waals surface area contributed by atoms with Crippen LogP contribution in [0.1, 0.15) is 31.4 Å². The van der Waals surface area contributed by atoms with E-state index in [-0.39, 0.29) is 39.6 Å². The van der Waals surface area contributed by atoms with Crippen LogP contribution in [0.4, 0.5) is 10.1 Å². The molecule has 236 valence electrons. The third kappa shape index (κ3) is 8.84. The molecular weight excluding hydrogens is 636 g/mol. The maximum Gasteiger partial charge on any atom is 0.264 e. The third-order valence-electron chi connectivity index (χ3n) is 7.33. The molecule has 4 aromatic rings. The van der Waals surface area contributed by atoms with Gasteiger partial charge in [-0.25, -0.2) is 12.8 Å². The fourth-order valence-corrected chi connectivity index (χ4v) is 6.57. The zero-order valence-corrected chi connectivity index (χ0v) is 27.2. The van der Waals surface area contributed by atoms with Crippen molar-refractivity contribution in [2.45, 2.75) is 50.2 Å². The molecule has 2 atom stereocenters. The Morgan fingerprint density at radius 2 is 1.49 bits per heavy atom. The summed E-state index contributed by atoms with van der Waals surface area (Å²) >= 11 is 12.8. The largest absolute Gasteiger partial charge is 0.352 e. The van der Waals surface area contributed by atoms with E-state index in [4.69, 9.17) is 23.2 Å². The van der Waals surface area contributed by atoms with Gasteiger partial charge < -0.3 is 10.2 Å². The fourth-order valence-electron chi connectivity index (χ4n) is 4.69. The summed E-state index contributed by atoms with van der Waals surface area (Å²) in [4.78, 5) is 29.6. The Balaban J connectivity index is 1.83. The van der Waals surface area contributed by atoms with E-state index in [1.807, 2.05) is 44.2 Å². The number of nitrogens with zero attached hydrogens (tertiary/aromatic N) is 2. The first-order chi connectivity index (χ1) is 21.5. The predicted molar refractivity (Wildman–Crippen MR) is 176 cm³/mol. The van der Waals surface area contributed by atoms with Gasteiger partial charge in [0.1, 0.15) is 18.4 Å². The molecular formula is C34H34Cl2FN3O4S. The van der Waals surface area contributed by atoms with Crippen LogP contribution < -0.4 is 9.62 Å². The van der Waals surface area contributed by atoms with Gasteiger partial charge in [-0.05, 0) is 66.9 Å². The Hall–Kier alpha value is -3.92. The smallest absolute Gasteiger partial charge is 0.264 e. The average Bonchev–Trinajstić information content (AvgIpc) is 3.04. The van der Waals surface area contributed by atoms with Crippen molar-refractivity contribution in [2.24, 2.45) is 0 Å². The number of halogens is 3. The Morgan fingerprint density at radius 3 is 2.11 bits per heavy atom. The van der Waals surface area contributed by atoms with Crippen molar-refractivity contribution >= 4 is 50.7 Å². The quantitative estimate of drug-likeness (QED) is 0.168. The maximum absolute atomic E-state index is 14.5. The van der Waals surface area contributed by atoms with Crippen LogP contribution >= 0.6 is 23.2 Å². The summed E-state index contributed by atoms with van der Waals surface area (Å²) in [5.74, 6) is -1.53. The lowest BCUT2D eigenvalue weighted by Crippen LogP contribution is -2.54. The highest BCUT2D eigenvalue weighted by molar-refractivity contribution is 7.92. The number of carbonyl (C=O) groups excluding carboxylic acids is 2. The standard InChI is InChI=1S/C34H34Cl2FN3O4S/c1-3-24(2)38-34(42)32(20-25-10-6-4-7-11-25)39(22-26-14-17-28(37)18-15-26)33(41)23-40(31-21-27(35)16-19-30(31)36)45(43,44)29-12-8-5-9-13-29/h4-19,21,24,32H,3,20,22-23H2,1-2H3,(H,38,42)/t24-,32-/m0/s1. The van der Waals surface area contributed by atoms with Gasteiger partial charge in [0.2, 0.25) is 11.8 Å². The summed E-state index contributed by atoms with van der Waals surface area (Å²) in [6.45, 7) is 3.01. The summed E-state index contributed by atoms with van der Waals surface area (Å²) < 4.78 is 42.8. The zero-order valence-electron chi connectivity index (χ0n) is 24.9. The summed E-state index contributed by atoms with van der Waals surface area (Å²) in [5, 5.41) is 3.25. The Labute approximate surface area is 273 Å². The lowest BCUT2D eigenvalue weighted by atomic mass is 10.0. The van der Waals surface area contributed by atoms with Crippen LogP contribution in [0.3, 0.4) is 0 Å². The lowest BCUT2D eigenvalue weighted by Gasteiger charge is -2.34. The molecule has 0 saturated heterocycles. The van der Waals surface area contributed by atoms with Crippen molar-refractivity contribution in [3.05, 3.63) is 130 Å². The van der Waals surface area contributed by atoms with Gasteiger partial charge >= 0.3 is 0 Å². The minimum absolute atomic E-state index is 0.00627. The van der Waals surface area contributed by atoms with E-state index in [0.717, 1.165) is 9.87 Å². The number of carbonyl (C=O) groups is 2. The van der Waals surface area contributed by atoms with Crippen LogP contribution in [0.15, 0.2) is 108 Å². The van der Waals surface area contributed by atoms with Gasteiger partial charge in [-0.2, -0.15) is 0 Å². The topological polar surface area (TPSA) is 86.8 Å². The highest BCUT2D eigenvalue weighted by Gasteiger charge is 2.35. The SMILES string of the molecule is CC[C@H](C)NC(=O)[C@H](Cc1ccccc1)N(Cc1ccc(F)cc1)C(=O)CN(c1cc(Cl)ccc1Cl)S(=O)(=O)c1ccccc1. The molecule has 0 aromatic heterocycles. The zero-order chi connectivity index (χ0) is 32.6. The van der Waals surface area contributed by atoms with E-state index in [9.17, 15) is 22.4 Å². The van der Waals surface area contributed by atoms with Crippen LogP contribution in [-0.4, -0.2) is 43.8 Å². The molecule has 7 nitrogen and oxygen atoms in total. The molecule has 45 heavy (non-hydrogen) atoms. The Morgan fingerprint density at radius 1 is 0.867 bits per heavy atom. The van der Waals surface area contributed by atoms with Crippen LogP contribution in [0.2, 0.25) is 10.0 Å². The van der Waals surface area contributed by atoms with Crippen molar-refractivity contribution in [2.75, 3.05) is 10.8 Å². The second-order valence-electron chi connectivity index (χ2n) is 10.6. The first-order valence-corrected chi connectivity index (χ1v) is 16.6. The highest BCUT2D eigenvalue weighted by atomic mass is 35.5. The number of benzene rings is 4. The van der Waals surface area contributed by atoms with Gasteiger partial charge in [-0.3, -0.25) is 13.9 Å². The number of nitrogens with one attached hydrogen (secondary N) is 1. The molecule has 0 fully saturated rings. The van der Waals surface area contributed by atoms with Crippen LogP contribution in [0, 0.1) is 5.82 Å². The summed E-state index contributed by atoms with van der Waals surface area (Å²) in [5.41, 5.74) is 1.36. The summed E-state index contributed by atoms with van der Waals surface area (Å²) in [6.07, 6.45) is 0.811. The highest BCUT2D eigenvalue weighted by Crippen LogP contribution is 2.33. The number of hydrogen-bond donors (Lipinski definition) is 1. The van der Waals surface area contributed by atoms with Crippen molar-refractivity contribution in [1.29, 1.82) is 0 Å². The molecule has 0 aliphatic carbocycles. The van der Waals surface area contributed by atoms with Crippen molar-refractivity contribution < 1.29 is 22.4 Å². The predicted octanol–water partition coefficient (Wildman–Crippen LogP) is 6.88. The van der Waals surface area contributed by atoms with E-state index in [2.05, 4.69) is 5.32 Å². The van der Waals surface area contributed by atoms with E-state index < -0.39 is 40.2 Å². The number of sulfonamides is 1. The van der Waals surface area contributed by atoms with Crippen molar-refractivity contribution in [1.82, 2.24) is 10.2 Å². The molecule has 1 N–H and O–H groups in total. The van der Waals surface area contributed by atoms with E-state index in [1.165, 1.54) is 59.5 Å². The first kappa shape index (κ1) is 34.0. The third-order valence-corrected chi connectivity index (χ3v) is 9.65. The Bertz CT molecular complexity index is 1710. The van der Waals surface area contributed by atoms with Crippen LogP contribution in [0.25, 0.3) is 0 Å². The molecule has 2 amide bonds. The van der Waals surface area contributed by atoms with Crippen LogP contribution in [-0.2, 0) is 32.6 Å². The minimum Gasteiger partial charge on any atom is -0.352 e. The van der Waals surface area contributed by atoms with E-state index in [0.29, 0.717) is 12.0 Å². The lowest BCUT2D eigenvalue weighted by molar-refractivity contribution is -0.140. The number of rotatable bonds is 13. The molecule has 11 heteroatoms. The fraction of sp³-hybridized carbons (Fsp3) is 0.235. The Kier molecular flexibility index (Phi) is 11.6. The molecule has 4 aromatic carbocycles. The molecule has 0 unspecified atom stereocenters. The van der Waals surface area contributed by atoms with Gasteiger partial charge in [-0.15, -0.1) is 0 Å². The molecule has 0 spiro atoms. The van der Waals surface area contributed by atoms with Crippen LogP contribution in [0.5, 0.6) is 0 Å². The molecule has 0 radical (unpaired) electrons. The number of hydrogen-bond acceptors (Lipinski definition) is 4. The first-order valence-electron chi connectivity index (χ1n) is 14.4. The van der Waals surface area contributed by atoms with Crippen molar-refractivity contribution in [3.8, 4) is 0 Å². The van der Waals surface area contributed by atoms with Gasteiger partial charge in [0.15, 0.2) is 0 Å². The van der Waals surface area contributed by atoms with Crippen molar-refractivity contribution in [3.63, 3.8) is 0 Å². The molecule has 0 aliphatic rings. The van der Waals surface area contributed by atoms with E-state index >= 15 is 0 Å². The second-order valence-corrected chi connectivity index (χ2v) is 13.3. The molecule has 0 bridgehead atoms. The van der Waals surface area contributed by atoms with Gasteiger partial charge in [0, 0.05) is 24.0 Å². The van der Waals surface area contributed by atoms with E-state index in [1.54, 1.807) is 18.2 Å². The number of amides is 2. The van der Waals surface area contributed by atoms with Gasteiger partial charge in [0.05, 0.1) is 15.6 Å².